The van der Waals surface area contributed by atoms with Gasteiger partial charge in [0.1, 0.15) is 30.2 Å². The number of hydrogen-bond donors (Lipinski definition) is 6. The molecule has 0 saturated carbocycles. The Morgan fingerprint density at radius 1 is 1.05 bits per heavy atom. The highest BCUT2D eigenvalue weighted by molar-refractivity contribution is 6.00. The molecule has 0 radical (unpaired) electrons. The van der Waals surface area contributed by atoms with Crippen LogP contribution in [0.4, 0.5) is 0 Å². The van der Waals surface area contributed by atoms with Gasteiger partial charge in [-0.3, -0.25) is 29.4 Å². The highest BCUT2D eigenvalue weighted by Crippen LogP contribution is 2.21. The number of benzene rings is 2. The number of rotatable bonds is 15. The number of amides is 4. The average molecular weight is 610 g/mol. The zero-order valence-corrected chi connectivity index (χ0v) is 24.6. The second kappa shape index (κ2) is 16.0. The summed E-state index contributed by atoms with van der Waals surface area (Å²) in [5, 5.41) is 22.3. The minimum atomic E-state index is -1.16. The van der Waals surface area contributed by atoms with Crippen molar-refractivity contribution in [1.82, 2.24) is 20.4 Å². The Hall–Kier alpha value is -4.98. The van der Waals surface area contributed by atoms with Gasteiger partial charge in [-0.15, -0.1) is 0 Å². The number of methoxy groups -OCH3 is 1. The van der Waals surface area contributed by atoms with Crippen LogP contribution in [0, 0.1) is 5.41 Å². The maximum atomic E-state index is 14.1. The molecule has 14 nitrogen and oxygen atoms in total. The first-order valence-corrected chi connectivity index (χ1v) is 14.2. The zero-order valence-electron chi connectivity index (χ0n) is 24.6. The van der Waals surface area contributed by atoms with Crippen molar-refractivity contribution in [1.29, 1.82) is 5.41 Å². The fraction of sp³-hybridized carbons (Fsp3) is 0.400. The summed E-state index contributed by atoms with van der Waals surface area (Å²) in [6, 6.07) is 11.1. The van der Waals surface area contributed by atoms with Crippen LogP contribution in [0.15, 0.2) is 48.5 Å². The molecule has 0 aliphatic carbocycles. The molecule has 236 valence electrons. The third-order valence-corrected chi connectivity index (χ3v) is 7.27. The zero-order chi connectivity index (χ0) is 32.2. The Balaban J connectivity index is 1.85. The Labute approximate surface area is 255 Å². The molecule has 0 spiro atoms. The second-order valence-corrected chi connectivity index (χ2v) is 10.3. The third kappa shape index (κ3) is 9.26. The van der Waals surface area contributed by atoms with Crippen molar-refractivity contribution in [3.63, 3.8) is 0 Å². The van der Waals surface area contributed by atoms with Crippen molar-refractivity contribution < 1.29 is 33.8 Å². The van der Waals surface area contributed by atoms with E-state index in [0.717, 1.165) is 5.56 Å². The number of unbranched alkanes of at least 4 members (excludes halogenated alkanes) is 1. The van der Waals surface area contributed by atoms with Crippen molar-refractivity contribution in [2.45, 2.75) is 37.8 Å². The first-order chi connectivity index (χ1) is 21.0. The van der Waals surface area contributed by atoms with Crippen molar-refractivity contribution >= 4 is 35.4 Å². The minimum absolute atomic E-state index is 0.0235. The van der Waals surface area contributed by atoms with E-state index in [9.17, 15) is 29.1 Å². The number of ether oxygens (including phenoxy) is 1. The SMILES string of the molecule is COc1ccc(C[C@H](NC(=O)c2ccc(C(=N)N)cc2)C(=O)N2CCN(CC(=O)O)C(=O)[C@@H]2CCCCNC(=O)CN)cc1. The molecular formula is C30H39N7O7. The summed E-state index contributed by atoms with van der Waals surface area (Å²) in [6.07, 6.45) is 1.32. The van der Waals surface area contributed by atoms with E-state index in [1.54, 1.807) is 24.3 Å². The number of nitrogens with two attached hydrogens (primary N) is 2. The van der Waals surface area contributed by atoms with Crippen LogP contribution in [0.5, 0.6) is 5.75 Å². The molecule has 1 aliphatic rings. The number of carbonyl (C=O) groups excluding carboxylic acids is 4. The van der Waals surface area contributed by atoms with Crippen LogP contribution in [0.1, 0.15) is 40.7 Å². The molecule has 1 fully saturated rings. The number of hydrogen-bond acceptors (Lipinski definition) is 8. The van der Waals surface area contributed by atoms with E-state index >= 15 is 0 Å². The van der Waals surface area contributed by atoms with Gasteiger partial charge in [-0.2, -0.15) is 0 Å². The lowest BCUT2D eigenvalue weighted by Crippen LogP contribution is -2.63. The van der Waals surface area contributed by atoms with Gasteiger partial charge in [0.25, 0.3) is 5.91 Å². The van der Waals surface area contributed by atoms with Crippen LogP contribution in [0.25, 0.3) is 0 Å². The highest BCUT2D eigenvalue weighted by atomic mass is 16.5. The number of nitrogens with one attached hydrogen (secondary N) is 3. The van der Waals surface area contributed by atoms with Crippen molar-refractivity contribution in [2.75, 3.05) is 39.8 Å². The number of amidine groups is 1. The molecule has 0 bridgehead atoms. The van der Waals surface area contributed by atoms with Crippen LogP contribution in [0.2, 0.25) is 0 Å². The lowest BCUT2D eigenvalue weighted by Gasteiger charge is -2.41. The van der Waals surface area contributed by atoms with Gasteiger partial charge in [0, 0.05) is 37.2 Å². The van der Waals surface area contributed by atoms with Gasteiger partial charge in [0.05, 0.1) is 13.7 Å². The van der Waals surface area contributed by atoms with E-state index < -0.39 is 42.3 Å². The van der Waals surface area contributed by atoms with Gasteiger partial charge < -0.3 is 41.7 Å². The van der Waals surface area contributed by atoms with E-state index in [4.69, 9.17) is 21.6 Å². The molecule has 2 atom stereocenters. The Morgan fingerprint density at radius 3 is 2.30 bits per heavy atom. The molecule has 8 N–H and O–H groups in total. The fourth-order valence-corrected chi connectivity index (χ4v) is 4.90. The molecule has 3 rings (SSSR count). The predicted molar refractivity (Wildman–Crippen MR) is 161 cm³/mol. The van der Waals surface area contributed by atoms with Crippen LogP contribution >= 0.6 is 0 Å². The molecule has 2 aromatic rings. The largest absolute Gasteiger partial charge is 0.497 e. The Morgan fingerprint density at radius 2 is 1.70 bits per heavy atom. The fourth-order valence-electron chi connectivity index (χ4n) is 4.90. The highest BCUT2D eigenvalue weighted by Gasteiger charge is 2.40. The molecule has 1 aliphatic heterocycles. The number of piperazine rings is 1. The first kappa shape index (κ1) is 33.5. The summed E-state index contributed by atoms with van der Waals surface area (Å²) >= 11 is 0. The number of nitrogen functional groups attached to an aromatic ring is 1. The van der Waals surface area contributed by atoms with Crippen molar-refractivity contribution in [3.05, 3.63) is 65.2 Å². The molecule has 2 aromatic carbocycles. The molecular weight excluding hydrogens is 570 g/mol. The van der Waals surface area contributed by atoms with Gasteiger partial charge in [-0.05, 0) is 49.1 Å². The van der Waals surface area contributed by atoms with E-state index in [0.29, 0.717) is 30.7 Å². The molecule has 14 heteroatoms. The number of nitrogens with zero attached hydrogens (tertiary/aromatic N) is 2. The van der Waals surface area contributed by atoms with E-state index in [1.807, 2.05) is 0 Å². The molecule has 44 heavy (non-hydrogen) atoms. The van der Waals surface area contributed by atoms with E-state index in [2.05, 4.69) is 10.6 Å². The summed E-state index contributed by atoms with van der Waals surface area (Å²) in [7, 11) is 1.53. The number of carboxylic acid groups (broad SMARTS) is 1. The summed E-state index contributed by atoms with van der Waals surface area (Å²) < 4.78 is 5.22. The van der Waals surface area contributed by atoms with Gasteiger partial charge in [-0.1, -0.05) is 24.3 Å². The normalized spacial score (nSPS) is 15.3. The Bertz CT molecular complexity index is 1350. The monoisotopic (exact) mass is 609 g/mol. The quantitative estimate of drug-likeness (QED) is 0.0884. The van der Waals surface area contributed by atoms with Gasteiger partial charge in [0.2, 0.25) is 17.7 Å². The average Bonchev–Trinajstić information content (AvgIpc) is 3.01. The number of carboxylic acids is 1. The maximum Gasteiger partial charge on any atom is 0.323 e. The number of carbonyl (C=O) groups is 5. The lowest BCUT2D eigenvalue weighted by atomic mass is 9.99. The predicted octanol–water partition coefficient (Wildman–Crippen LogP) is -0.310. The maximum absolute atomic E-state index is 14.1. The molecule has 4 amide bonds. The van der Waals surface area contributed by atoms with Crippen LogP contribution in [-0.4, -0.2) is 102 Å². The standard InChI is InChI=1S/C30H39N7O7/c1-44-22-11-5-19(6-12-22)16-23(35-28(41)21-9-7-20(8-10-21)27(32)33)29(42)37-15-14-36(18-26(39)40)30(43)24(37)4-2-3-13-34-25(38)17-31/h5-12,23-24H,2-4,13-18,31H2,1H3,(H3,32,33)(H,34,38)(H,35,41)(H,39,40)/t23-,24-/m0/s1. The van der Waals surface area contributed by atoms with Crippen LogP contribution in [-0.2, 0) is 25.6 Å². The van der Waals surface area contributed by atoms with Gasteiger partial charge in [-0.25, -0.2) is 0 Å². The van der Waals surface area contributed by atoms with Gasteiger partial charge in [0.15, 0.2) is 0 Å². The van der Waals surface area contributed by atoms with Crippen molar-refractivity contribution in [3.8, 4) is 5.75 Å². The smallest absolute Gasteiger partial charge is 0.323 e. The molecule has 1 saturated heterocycles. The van der Waals surface area contributed by atoms with Crippen LogP contribution < -0.4 is 26.8 Å². The lowest BCUT2D eigenvalue weighted by molar-refractivity contribution is -0.156. The van der Waals surface area contributed by atoms with Crippen LogP contribution in [0.3, 0.4) is 0 Å². The van der Waals surface area contributed by atoms with Gasteiger partial charge >= 0.3 is 5.97 Å². The molecule has 0 unspecified atom stereocenters. The summed E-state index contributed by atoms with van der Waals surface area (Å²) in [4.78, 5) is 66.3. The topological polar surface area (TPSA) is 221 Å². The summed E-state index contributed by atoms with van der Waals surface area (Å²) in [5.41, 5.74) is 12.3. The second-order valence-electron chi connectivity index (χ2n) is 10.3. The number of aliphatic carboxylic acids is 1. The van der Waals surface area contributed by atoms with E-state index in [-0.39, 0.29) is 49.8 Å². The summed E-state index contributed by atoms with van der Waals surface area (Å²) in [6.45, 7) is -0.200. The van der Waals surface area contributed by atoms with Crippen molar-refractivity contribution in [2.24, 2.45) is 11.5 Å². The van der Waals surface area contributed by atoms with E-state index in [1.165, 1.54) is 41.2 Å². The summed E-state index contributed by atoms with van der Waals surface area (Å²) in [5.74, 6) is -2.52. The molecule has 1 heterocycles. The first-order valence-electron chi connectivity index (χ1n) is 14.2. The third-order valence-electron chi connectivity index (χ3n) is 7.27. The Kier molecular flexibility index (Phi) is 12.2. The molecule has 0 aromatic heterocycles. The minimum Gasteiger partial charge on any atom is -0.497 e.